The molecule has 0 saturated carbocycles. The van der Waals surface area contributed by atoms with Crippen LogP contribution >= 0.6 is 0 Å². The van der Waals surface area contributed by atoms with Gasteiger partial charge in [-0.3, -0.25) is 9.59 Å². The zero-order valence-electron chi connectivity index (χ0n) is 14.3. The van der Waals surface area contributed by atoms with Crippen molar-refractivity contribution in [3.63, 3.8) is 0 Å². The summed E-state index contributed by atoms with van der Waals surface area (Å²) in [5.74, 6) is 0.274. The van der Waals surface area contributed by atoms with Crippen LogP contribution in [0.25, 0.3) is 0 Å². The summed E-state index contributed by atoms with van der Waals surface area (Å²) in [6.07, 6.45) is 2.04. The molecule has 0 aliphatic carbocycles. The van der Waals surface area contributed by atoms with E-state index in [4.69, 9.17) is 0 Å². The second-order valence-corrected chi connectivity index (χ2v) is 7.11. The maximum Gasteiger partial charge on any atom is 0.227 e. The van der Waals surface area contributed by atoms with Gasteiger partial charge in [0.2, 0.25) is 11.8 Å². The maximum atomic E-state index is 12.7. The van der Waals surface area contributed by atoms with Crippen molar-refractivity contribution in [3.8, 4) is 0 Å². The van der Waals surface area contributed by atoms with Gasteiger partial charge in [0.05, 0.1) is 5.92 Å². The zero-order chi connectivity index (χ0) is 17.1. The van der Waals surface area contributed by atoms with Crippen LogP contribution in [0.4, 0.5) is 0 Å². The molecule has 1 aromatic rings. The Morgan fingerprint density at radius 3 is 2.50 bits per heavy atom. The summed E-state index contributed by atoms with van der Waals surface area (Å²) in [6, 6.07) is 8.17. The summed E-state index contributed by atoms with van der Waals surface area (Å²) in [4.78, 5) is 28.6. The minimum atomic E-state index is -0.214. The van der Waals surface area contributed by atoms with Crippen LogP contribution in [0.1, 0.15) is 30.4 Å². The number of hydrogen-bond donors (Lipinski definition) is 1. The van der Waals surface area contributed by atoms with Crippen LogP contribution in [-0.4, -0.2) is 53.0 Å². The fraction of sp³-hybridized carbons (Fsp3) is 0.579. The van der Waals surface area contributed by atoms with Crippen molar-refractivity contribution in [2.45, 2.75) is 32.7 Å². The predicted molar refractivity (Wildman–Crippen MR) is 91.1 cm³/mol. The number of amides is 2. The first-order valence-corrected chi connectivity index (χ1v) is 8.79. The normalized spacial score (nSPS) is 22.2. The fourth-order valence-corrected chi connectivity index (χ4v) is 3.60. The lowest BCUT2D eigenvalue weighted by Crippen LogP contribution is -2.43. The lowest BCUT2D eigenvalue weighted by molar-refractivity contribution is -0.137. The molecule has 0 aromatic heterocycles. The highest BCUT2D eigenvalue weighted by atomic mass is 16.3. The van der Waals surface area contributed by atoms with E-state index in [1.807, 2.05) is 36.1 Å². The SMILES string of the molecule is Cc1ccc(CN2CC(C(=O)N3CCC(CO)CC3)CC2=O)cc1. The molecule has 2 aliphatic heterocycles. The molecule has 2 amide bonds. The first kappa shape index (κ1) is 17.0. The van der Waals surface area contributed by atoms with E-state index in [0.717, 1.165) is 18.4 Å². The van der Waals surface area contributed by atoms with Gasteiger partial charge in [-0.15, -0.1) is 0 Å². The molecular formula is C19H26N2O3. The Morgan fingerprint density at radius 1 is 1.21 bits per heavy atom. The third kappa shape index (κ3) is 3.78. The van der Waals surface area contributed by atoms with Crippen molar-refractivity contribution < 1.29 is 14.7 Å². The molecule has 130 valence electrons. The number of hydrogen-bond acceptors (Lipinski definition) is 3. The first-order chi connectivity index (χ1) is 11.6. The van der Waals surface area contributed by atoms with Crippen LogP contribution in [-0.2, 0) is 16.1 Å². The van der Waals surface area contributed by atoms with E-state index in [1.54, 1.807) is 4.90 Å². The van der Waals surface area contributed by atoms with Gasteiger partial charge in [0.15, 0.2) is 0 Å². The Kier molecular flexibility index (Phi) is 5.19. The highest BCUT2D eigenvalue weighted by Crippen LogP contribution is 2.25. The van der Waals surface area contributed by atoms with Gasteiger partial charge in [-0.25, -0.2) is 0 Å². The average Bonchev–Trinajstić information content (AvgIpc) is 2.97. The smallest absolute Gasteiger partial charge is 0.227 e. The van der Waals surface area contributed by atoms with E-state index in [1.165, 1.54) is 5.56 Å². The van der Waals surface area contributed by atoms with E-state index >= 15 is 0 Å². The van der Waals surface area contributed by atoms with Crippen molar-refractivity contribution in [2.24, 2.45) is 11.8 Å². The zero-order valence-corrected chi connectivity index (χ0v) is 14.3. The van der Waals surface area contributed by atoms with Gasteiger partial charge in [0.25, 0.3) is 0 Å². The lowest BCUT2D eigenvalue weighted by atomic mass is 9.96. The molecule has 1 unspecified atom stereocenters. The summed E-state index contributed by atoms with van der Waals surface area (Å²) in [5.41, 5.74) is 2.30. The summed E-state index contributed by atoms with van der Waals surface area (Å²) >= 11 is 0. The van der Waals surface area contributed by atoms with Crippen molar-refractivity contribution in [2.75, 3.05) is 26.2 Å². The number of carbonyl (C=O) groups excluding carboxylic acids is 2. The van der Waals surface area contributed by atoms with Crippen LogP contribution < -0.4 is 0 Å². The molecule has 1 atom stereocenters. The Morgan fingerprint density at radius 2 is 1.88 bits per heavy atom. The lowest BCUT2D eigenvalue weighted by Gasteiger charge is -2.32. The quantitative estimate of drug-likeness (QED) is 0.912. The molecule has 24 heavy (non-hydrogen) atoms. The topological polar surface area (TPSA) is 60.9 Å². The van der Waals surface area contributed by atoms with Gasteiger partial charge in [-0.05, 0) is 31.2 Å². The molecule has 5 nitrogen and oxygen atoms in total. The summed E-state index contributed by atoms with van der Waals surface area (Å²) in [6.45, 7) is 4.74. The van der Waals surface area contributed by atoms with Crippen LogP contribution in [0, 0.1) is 18.8 Å². The van der Waals surface area contributed by atoms with Crippen LogP contribution in [0.3, 0.4) is 0 Å². The maximum absolute atomic E-state index is 12.7. The molecule has 0 spiro atoms. The van der Waals surface area contributed by atoms with Crippen molar-refractivity contribution in [1.82, 2.24) is 9.80 Å². The van der Waals surface area contributed by atoms with Gasteiger partial charge < -0.3 is 14.9 Å². The van der Waals surface area contributed by atoms with Gasteiger partial charge in [-0.2, -0.15) is 0 Å². The standard InChI is InChI=1S/C19H26N2O3/c1-14-2-4-15(5-3-14)11-21-12-17(10-18(21)23)19(24)20-8-6-16(13-22)7-9-20/h2-5,16-17,22H,6-13H2,1H3. The molecule has 0 bridgehead atoms. The molecule has 5 heteroatoms. The molecule has 2 heterocycles. The van der Waals surface area contributed by atoms with E-state index in [-0.39, 0.29) is 24.3 Å². The number of carbonyl (C=O) groups is 2. The van der Waals surface area contributed by atoms with Crippen LogP contribution in [0.2, 0.25) is 0 Å². The summed E-state index contributed by atoms with van der Waals surface area (Å²) in [7, 11) is 0. The molecule has 0 radical (unpaired) electrons. The number of aryl methyl sites for hydroxylation is 1. The van der Waals surface area contributed by atoms with Gasteiger partial charge >= 0.3 is 0 Å². The highest BCUT2D eigenvalue weighted by molar-refractivity contribution is 5.89. The van der Waals surface area contributed by atoms with E-state index in [9.17, 15) is 14.7 Å². The molecule has 2 aliphatic rings. The van der Waals surface area contributed by atoms with Crippen molar-refractivity contribution in [1.29, 1.82) is 0 Å². The first-order valence-electron chi connectivity index (χ1n) is 8.79. The van der Waals surface area contributed by atoms with Crippen LogP contribution in [0.15, 0.2) is 24.3 Å². The predicted octanol–water partition coefficient (Wildman–Crippen LogP) is 1.57. The third-order valence-electron chi connectivity index (χ3n) is 5.24. The Bertz CT molecular complexity index is 591. The minimum absolute atomic E-state index is 0.0687. The number of aliphatic hydroxyl groups excluding tert-OH is 1. The van der Waals surface area contributed by atoms with Crippen molar-refractivity contribution >= 4 is 11.8 Å². The fourth-order valence-electron chi connectivity index (χ4n) is 3.60. The number of benzene rings is 1. The number of aliphatic hydroxyl groups is 1. The molecule has 2 fully saturated rings. The highest BCUT2D eigenvalue weighted by Gasteiger charge is 2.37. The van der Waals surface area contributed by atoms with Crippen molar-refractivity contribution in [3.05, 3.63) is 35.4 Å². The minimum Gasteiger partial charge on any atom is -0.396 e. The number of rotatable bonds is 4. The number of nitrogens with zero attached hydrogens (tertiary/aromatic N) is 2. The second kappa shape index (κ2) is 7.34. The molecule has 1 N–H and O–H groups in total. The Balaban J connectivity index is 1.56. The van der Waals surface area contributed by atoms with E-state index in [2.05, 4.69) is 0 Å². The summed E-state index contributed by atoms with van der Waals surface area (Å²) in [5, 5.41) is 9.20. The average molecular weight is 330 g/mol. The van der Waals surface area contributed by atoms with Gasteiger partial charge in [0, 0.05) is 39.2 Å². The number of piperidine rings is 1. The Labute approximate surface area is 143 Å². The molecular weight excluding hydrogens is 304 g/mol. The van der Waals surface area contributed by atoms with Crippen LogP contribution in [0.5, 0.6) is 0 Å². The molecule has 3 rings (SSSR count). The van der Waals surface area contributed by atoms with E-state index in [0.29, 0.717) is 38.5 Å². The molecule has 1 aromatic carbocycles. The Hall–Kier alpha value is -1.88. The largest absolute Gasteiger partial charge is 0.396 e. The summed E-state index contributed by atoms with van der Waals surface area (Å²) < 4.78 is 0. The third-order valence-corrected chi connectivity index (χ3v) is 5.24. The number of likely N-dealkylation sites (tertiary alicyclic amines) is 2. The van der Waals surface area contributed by atoms with Gasteiger partial charge in [0.1, 0.15) is 0 Å². The second-order valence-electron chi connectivity index (χ2n) is 7.11. The molecule has 2 saturated heterocycles. The van der Waals surface area contributed by atoms with Gasteiger partial charge in [-0.1, -0.05) is 29.8 Å². The van der Waals surface area contributed by atoms with E-state index < -0.39 is 0 Å². The monoisotopic (exact) mass is 330 g/mol.